The zero-order chi connectivity index (χ0) is 22.5. The van der Waals surface area contributed by atoms with Crippen LogP contribution in [-0.4, -0.2) is 40.1 Å². The number of ether oxygens (including phenoxy) is 1. The molecular formula is C23H25N5O4. The molecule has 9 heteroatoms. The molecule has 0 unspecified atom stereocenters. The van der Waals surface area contributed by atoms with E-state index in [0.29, 0.717) is 42.6 Å². The van der Waals surface area contributed by atoms with Crippen molar-refractivity contribution in [3.8, 4) is 11.9 Å². The molecule has 1 atom stereocenters. The van der Waals surface area contributed by atoms with Crippen molar-refractivity contribution in [2.45, 2.75) is 38.1 Å². The van der Waals surface area contributed by atoms with Crippen LogP contribution in [0.25, 0.3) is 0 Å². The Hall–Kier alpha value is -3.51. The van der Waals surface area contributed by atoms with Crippen molar-refractivity contribution in [3.63, 3.8) is 0 Å². The van der Waals surface area contributed by atoms with Gasteiger partial charge in [0.15, 0.2) is 0 Å². The highest BCUT2D eigenvalue weighted by molar-refractivity contribution is 5.92. The summed E-state index contributed by atoms with van der Waals surface area (Å²) in [6, 6.07) is 6.88. The normalized spacial score (nSPS) is 22.8. The van der Waals surface area contributed by atoms with E-state index in [9.17, 15) is 9.59 Å². The third kappa shape index (κ3) is 4.86. The number of amides is 2. The van der Waals surface area contributed by atoms with E-state index < -0.39 is 5.91 Å². The van der Waals surface area contributed by atoms with Gasteiger partial charge in [-0.1, -0.05) is 0 Å². The lowest BCUT2D eigenvalue weighted by Gasteiger charge is -2.31. The van der Waals surface area contributed by atoms with Gasteiger partial charge in [-0.3, -0.25) is 19.4 Å². The van der Waals surface area contributed by atoms with Gasteiger partial charge in [0.05, 0.1) is 30.4 Å². The molecule has 166 valence electrons. The Morgan fingerprint density at radius 3 is 2.69 bits per heavy atom. The molecule has 0 spiro atoms. The molecule has 2 aromatic heterocycles. The molecule has 9 nitrogen and oxygen atoms in total. The molecule has 1 aliphatic carbocycles. The van der Waals surface area contributed by atoms with Gasteiger partial charge in [-0.05, 0) is 49.3 Å². The summed E-state index contributed by atoms with van der Waals surface area (Å²) in [4.78, 5) is 38.2. The number of primary amides is 1. The number of nitrogens with two attached hydrogens (primary N) is 1. The molecule has 1 saturated heterocycles. The van der Waals surface area contributed by atoms with Gasteiger partial charge in [-0.2, -0.15) is 5.26 Å². The zero-order valence-electron chi connectivity index (χ0n) is 17.6. The summed E-state index contributed by atoms with van der Waals surface area (Å²) in [6.07, 6.45) is 8.58. The fourth-order valence-corrected chi connectivity index (χ4v) is 4.26. The predicted molar refractivity (Wildman–Crippen MR) is 113 cm³/mol. The minimum absolute atomic E-state index is 0.00191. The van der Waals surface area contributed by atoms with Crippen molar-refractivity contribution in [3.05, 3.63) is 53.5 Å². The molecule has 1 saturated carbocycles. The van der Waals surface area contributed by atoms with Crippen molar-refractivity contribution in [1.82, 2.24) is 15.0 Å². The molecule has 2 fully saturated rings. The van der Waals surface area contributed by atoms with Gasteiger partial charge in [0.2, 0.25) is 17.7 Å². The van der Waals surface area contributed by atoms with Crippen molar-refractivity contribution in [2.24, 2.45) is 17.6 Å². The first-order valence-corrected chi connectivity index (χ1v) is 10.7. The first kappa shape index (κ1) is 21.7. The van der Waals surface area contributed by atoms with Crippen LogP contribution < -0.4 is 10.5 Å². The van der Waals surface area contributed by atoms with Crippen molar-refractivity contribution >= 4 is 11.8 Å². The minimum atomic E-state index is -0.523. The average molecular weight is 435 g/mol. The number of nitriles is 1. The Labute approximate surface area is 186 Å². The molecule has 0 radical (unpaired) electrons. The first-order valence-electron chi connectivity index (χ1n) is 10.7. The molecule has 4 rings (SSSR count). The smallest absolute Gasteiger partial charge is 0.250 e. The second-order valence-electron chi connectivity index (χ2n) is 8.20. The third-order valence-electron chi connectivity index (χ3n) is 6.08. The number of hydrogen-bond acceptors (Lipinski definition) is 7. The number of rotatable bonds is 6. The summed E-state index contributed by atoms with van der Waals surface area (Å²) in [7, 11) is 0. The fraction of sp³-hybridized carbons (Fsp3) is 0.435. The van der Waals surface area contributed by atoms with E-state index in [1.54, 1.807) is 24.4 Å². The molecule has 1 aliphatic heterocycles. The first-order chi connectivity index (χ1) is 15.5. The minimum Gasteiger partial charge on any atom is -0.477 e. The average Bonchev–Trinajstić information content (AvgIpc) is 3.33. The van der Waals surface area contributed by atoms with Crippen molar-refractivity contribution in [2.75, 3.05) is 13.2 Å². The monoisotopic (exact) mass is 435 g/mol. The maximum absolute atomic E-state index is 13.1. The molecule has 2 N–H and O–H groups in total. The second-order valence-corrected chi connectivity index (χ2v) is 8.20. The lowest BCUT2D eigenvalue weighted by Crippen LogP contribution is -2.37. The number of pyridine rings is 2. The molecule has 32 heavy (non-hydrogen) atoms. The van der Waals surface area contributed by atoms with Crippen LogP contribution in [0.1, 0.15) is 59.6 Å². The van der Waals surface area contributed by atoms with E-state index in [4.69, 9.17) is 20.6 Å². The third-order valence-corrected chi connectivity index (χ3v) is 6.08. The molecule has 2 amide bonds. The molecule has 2 aromatic rings. The van der Waals surface area contributed by atoms with E-state index in [0.717, 1.165) is 31.2 Å². The van der Waals surface area contributed by atoms with Crippen LogP contribution in [0.4, 0.5) is 0 Å². The Kier molecular flexibility index (Phi) is 6.61. The van der Waals surface area contributed by atoms with Gasteiger partial charge in [-0.15, -0.1) is 0 Å². The van der Waals surface area contributed by atoms with E-state index >= 15 is 0 Å². The summed E-state index contributed by atoms with van der Waals surface area (Å²) in [5.74, 6) is 0.174. The Morgan fingerprint density at radius 2 is 2.00 bits per heavy atom. The predicted octanol–water partition coefficient (Wildman–Crippen LogP) is 2.54. The number of carbonyl (C=O) groups is 2. The summed E-state index contributed by atoms with van der Waals surface area (Å²) < 4.78 is 5.76. The zero-order valence-corrected chi connectivity index (χ0v) is 17.6. The van der Waals surface area contributed by atoms with Crippen molar-refractivity contribution < 1.29 is 19.2 Å². The van der Waals surface area contributed by atoms with Gasteiger partial charge >= 0.3 is 0 Å². The Morgan fingerprint density at radius 1 is 1.19 bits per heavy atom. The standard InChI is InChI=1S/C23H25N5O4/c24-10-16-9-19(12-26-11-16)20-7-8-32-28(20)23(30)17-3-1-15(2-4-17)14-31-21-6-5-18(13-27-21)22(25)29/h5-6,9,11-13,15,17,20H,1-4,7-8,14H2,(H2,25,29)/t15-,17-,20-/m0/s1. The largest absolute Gasteiger partial charge is 0.477 e. The summed E-state index contributed by atoms with van der Waals surface area (Å²) in [5.41, 5.74) is 6.86. The van der Waals surface area contributed by atoms with Crippen LogP contribution >= 0.6 is 0 Å². The maximum atomic E-state index is 13.1. The highest BCUT2D eigenvalue weighted by atomic mass is 16.7. The van der Waals surface area contributed by atoms with Crippen LogP contribution in [0.2, 0.25) is 0 Å². The Bertz CT molecular complexity index is 1010. The molecular weight excluding hydrogens is 410 g/mol. The molecule has 2 aliphatic rings. The fourth-order valence-electron chi connectivity index (χ4n) is 4.26. The van der Waals surface area contributed by atoms with Crippen molar-refractivity contribution in [1.29, 1.82) is 5.26 Å². The van der Waals surface area contributed by atoms with Gasteiger partial charge in [-0.25, -0.2) is 10.0 Å². The number of hydrogen-bond donors (Lipinski definition) is 1. The van der Waals surface area contributed by atoms with Crippen LogP contribution in [0.5, 0.6) is 5.88 Å². The highest BCUT2D eigenvalue weighted by Gasteiger charge is 2.37. The van der Waals surface area contributed by atoms with Crippen LogP contribution in [0.15, 0.2) is 36.8 Å². The summed E-state index contributed by atoms with van der Waals surface area (Å²) >= 11 is 0. The SMILES string of the molecule is N#Cc1cncc([C@@H]2CCON2C(=O)[C@H]2CC[C@H](COc3ccc(C(N)=O)cn3)CC2)c1. The lowest BCUT2D eigenvalue weighted by molar-refractivity contribution is -0.183. The number of nitrogens with zero attached hydrogens (tertiary/aromatic N) is 4. The quantitative estimate of drug-likeness (QED) is 0.737. The van der Waals surface area contributed by atoms with Gasteiger partial charge in [0.1, 0.15) is 6.07 Å². The number of carbonyl (C=O) groups excluding carboxylic acids is 2. The van der Waals surface area contributed by atoms with E-state index in [-0.39, 0.29) is 17.9 Å². The number of aromatic nitrogens is 2. The maximum Gasteiger partial charge on any atom is 0.250 e. The van der Waals surface area contributed by atoms with Crippen LogP contribution in [0.3, 0.4) is 0 Å². The van der Waals surface area contributed by atoms with Gasteiger partial charge < -0.3 is 10.5 Å². The van der Waals surface area contributed by atoms with E-state index in [1.807, 2.05) is 0 Å². The molecule has 0 bridgehead atoms. The molecule has 3 heterocycles. The van der Waals surface area contributed by atoms with E-state index in [2.05, 4.69) is 16.0 Å². The topological polar surface area (TPSA) is 131 Å². The Balaban J connectivity index is 1.29. The highest BCUT2D eigenvalue weighted by Crippen LogP contribution is 2.36. The number of hydroxylamine groups is 2. The lowest BCUT2D eigenvalue weighted by atomic mass is 9.81. The molecule has 0 aromatic carbocycles. The second kappa shape index (κ2) is 9.75. The van der Waals surface area contributed by atoms with E-state index in [1.165, 1.54) is 17.5 Å². The summed E-state index contributed by atoms with van der Waals surface area (Å²) in [5, 5.41) is 10.6. The summed E-state index contributed by atoms with van der Waals surface area (Å²) in [6.45, 7) is 0.983. The van der Waals surface area contributed by atoms with Crippen LogP contribution in [-0.2, 0) is 9.63 Å². The van der Waals surface area contributed by atoms with Gasteiger partial charge in [0, 0.05) is 37.0 Å². The van der Waals surface area contributed by atoms with Crippen LogP contribution in [0, 0.1) is 23.2 Å². The van der Waals surface area contributed by atoms with Gasteiger partial charge in [0.25, 0.3) is 0 Å².